The van der Waals surface area contributed by atoms with Gasteiger partial charge < -0.3 is 5.32 Å². The number of amides is 1. The van der Waals surface area contributed by atoms with Crippen LogP contribution in [0.1, 0.15) is 55.4 Å². The van der Waals surface area contributed by atoms with E-state index in [4.69, 9.17) is 0 Å². The molecule has 1 amide bonds. The summed E-state index contributed by atoms with van der Waals surface area (Å²) in [4.78, 5) is 12.1. The summed E-state index contributed by atoms with van der Waals surface area (Å²) in [5.41, 5.74) is 2.88. The van der Waals surface area contributed by atoms with E-state index < -0.39 is 0 Å². The van der Waals surface area contributed by atoms with E-state index in [1.54, 1.807) is 0 Å². The predicted molar refractivity (Wildman–Crippen MR) is 67.0 cm³/mol. The molecule has 2 atom stereocenters. The van der Waals surface area contributed by atoms with Gasteiger partial charge in [0.25, 0.3) is 5.91 Å². The molecule has 0 aliphatic heterocycles. The molecule has 0 bridgehead atoms. The van der Waals surface area contributed by atoms with Gasteiger partial charge in [0.15, 0.2) is 5.69 Å². The molecule has 17 heavy (non-hydrogen) atoms. The summed E-state index contributed by atoms with van der Waals surface area (Å²) in [6.07, 6.45) is 4.10. The van der Waals surface area contributed by atoms with E-state index in [9.17, 15) is 4.79 Å². The van der Waals surface area contributed by atoms with Crippen molar-refractivity contribution >= 4 is 5.91 Å². The standard InChI is InChI=1S/C13H21N3O/c1-4-9(3)14-13(17)12-10-7-8(2)5-6-11(10)15-16-12/h8-9H,4-7H2,1-3H3,(H,14,17)(H,15,16). The molecule has 0 fully saturated rings. The Morgan fingerprint density at radius 1 is 1.65 bits per heavy atom. The number of nitrogens with one attached hydrogen (secondary N) is 2. The second kappa shape index (κ2) is 4.90. The summed E-state index contributed by atoms with van der Waals surface area (Å²) < 4.78 is 0. The fraction of sp³-hybridized carbons (Fsp3) is 0.692. The molecule has 2 rings (SSSR count). The van der Waals surface area contributed by atoms with Crippen LogP contribution in [0.5, 0.6) is 0 Å². The van der Waals surface area contributed by atoms with Gasteiger partial charge in [-0.15, -0.1) is 0 Å². The zero-order chi connectivity index (χ0) is 12.4. The summed E-state index contributed by atoms with van der Waals surface area (Å²) in [5.74, 6) is 0.612. The van der Waals surface area contributed by atoms with E-state index in [2.05, 4.69) is 29.4 Å². The van der Waals surface area contributed by atoms with Crippen LogP contribution in [-0.2, 0) is 12.8 Å². The Hall–Kier alpha value is -1.32. The average Bonchev–Trinajstić information content (AvgIpc) is 2.71. The van der Waals surface area contributed by atoms with E-state index in [1.165, 1.54) is 6.42 Å². The van der Waals surface area contributed by atoms with Crippen molar-refractivity contribution in [2.24, 2.45) is 5.92 Å². The first-order chi connectivity index (χ1) is 8.11. The molecule has 0 saturated heterocycles. The SMILES string of the molecule is CCC(C)NC(=O)c1n[nH]c2c1CC(C)CC2. The first kappa shape index (κ1) is 12.1. The molecule has 0 saturated carbocycles. The Morgan fingerprint density at radius 2 is 2.41 bits per heavy atom. The van der Waals surface area contributed by atoms with Crippen LogP contribution in [0.15, 0.2) is 0 Å². The zero-order valence-electron chi connectivity index (χ0n) is 10.8. The number of rotatable bonds is 3. The van der Waals surface area contributed by atoms with E-state index in [-0.39, 0.29) is 11.9 Å². The van der Waals surface area contributed by atoms with Gasteiger partial charge in [-0.1, -0.05) is 13.8 Å². The van der Waals surface area contributed by atoms with E-state index in [0.29, 0.717) is 11.6 Å². The molecule has 0 radical (unpaired) electrons. The maximum atomic E-state index is 12.1. The third-order valence-electron chi connectivity index (χ3n) is 3.60. The van der Waals surface area contributed by atoms with E-state index in [0.717, 1.165) is 30.5 Å². The molecule has 1 aromatic rings. The molecule has 0 aromatic carbocycles. The van der Waals surface area contributed by atoms with Crippen molar-refractivity contribution in [1.29, 1.82) is 0 Å². The number of aryl methyl sites for hydroxylation is 1. The highest BCUT2D eigenvalue weighted by atomic mass is 16.2. The number of nitrogens with zero attached hydrogens (tertiary/aromatic N) is 1. The predicted octanol–water partition coefficient (Wildman–Crippen LogP) is 2.06. The van der Waals surface area contributed by atoms with E-state index in [1.807, 2.05) is 6.92 Å². The third kappa shape index (κ3) is 2.51. The number of hydrogen-bond donors (Lipinski definition) is 2. The maximum Gasteiger partial charge on any atom is 0.272 e. The Kier molecular flexibility index (Phi) is 3.50. The molecule has 1 aliphatic rings. The first-order valence-electron chi connectivity index (χ1n) is 6.48. The minimum absolute atomic E-state index is 0.0362. The monoisotopic (exact) mass is 235 g/mol. The van der Waals surface area contributed by atoms with Crippen LogP contribution >= 0.6 is 0 Å². The lowest BCUT2D eigenvalue weighted by molar-refractivity contribution is 0.0933. The Morgan fingerprint density at radius 3 is 3.12 bits per heavy atom. The average molecular weight is 235 g/mol. The topological polar surface area (TPSA) is 57.8 Å². The Bertz CT molecular complexity index is 411. The van der Waals surface area contributed by atoms with Crippen LogP contribution in [0.3, 0.4) is 0 Å². The second-order valence-corrected chi connectivity index (χ2v) is 5.16. The van der Waals surface area contributed by atoms with Gasteiger partial charge in [0.1, 0.15) is 0 Å². The van der Waals surface area contributed by atoms with Gasteiger partial charge in [0, 0.05) is 17.3 Å². The molecule has 4 nitrogen and oxygen atoms in total. The third-order valence-corrected chi connectivity index (χ3v) is 3.60. The van der Waals surface area contributed by atoms with Crippen molar-refractivity contribution in [3.63, 3.8) is 0 Å². The largest absolute Gasteiger partial charge is 0.348 e. The van der Waals surface area contributed by atoms with Gasteiger partial charge >= 0.3 is 0 Å². The lowest BCUT2D eigenvalue weighted by Crippen LogP contribution is -2.33. The number of hydrogen-bond acceptors (Lipinski definition) is 2. The molecule has 2 unspecified atom stereocenters. The molecule has 0 spiro atoms. The van der Waals surface area contributed by atoms with Crippen molar-refractivity contribution in [3.05, 3.63) is 17.0 Å². The lowest BCUT2D eigenvalue weighted by Gasteiger charge is -2.18. The van der Waals surface area contributed by atoms with Gasteiger partial charge in [-0.3, -0.25) is 9.89 Å². The van der Waals surface area contributed by atoms with Gasteiger partial charge in [0.2, 0.25) is 0 Å². The quantitative estimate of drug-likeness (QED) is 0.842. The van der Waals surface area contributed by atoms with Crippen LogP contribution in [0.2, 0.25) is 0 Å². The lowest BCUT2D eigenvalue weighted by atomic mass is 9.87. The Balaban J connectivity index is 2.16. The Labute approximate surface area is 102 Å². The molecule has 94 valence electrons. The van der Waals surface area contributed by atoms with Crippen LogP contribution in [0.4, 0.5) is 0 Å². The normalized spacial score (nSPS) is 20.8. The highest BCUT2D eigenvalue weighted by Gasteiger charge is 2.24. The van der Waals surface area contributed by atoms with Gasteiger partial charge in [0.05, 0.1) is 0 Å². The molecule has 2 N–H and O–H groups in total. The maximum absolute atomic E-state index is 12.1. The highest BCUT2D eigenvalue weighted by Crippen LogP contribution is 2.26. The summed E-state index contributed by atoms with van der Waals surface area (Å²) in [5, 5.41) is 10.2. The molecule has 1 heterocycles. The minimum Gasteiger partial charge on any atom is -0.348 e. The summed E-state index contributed by atoms with van der Waals surface area (Å²) in [7, 11) is 0. The van der Waals surface area contributed by atoms with Gasteiger partial charge in [-0.25, -0.2) is 0 Å². The molecular weight excluding hydrogens is 214 g/mol. The summed E-state index contributed by atoms with van der Waals surface area (Å²) in [6, 6.07) is 0.205. The van der Waals surface area contributed by atoms with E-state index >= 15 is 0 Å². The molecule has 4 heteroatoms. The van der Waals surface area contributed by atoms with Gasteiger partial charge in [-0.05, 0) is 38.5 Å². The molecule has 1 aromatic heterocycles. The molecular formula is C13H21N3O. The van der Waals surface area contributed by atoms with Crippen LogP contribution in [0, 0.1) is 5.92 Å². The number of aromatic amines is 1. The number of aromatic nitrogens is 2. The second-order valence-electron chi connectivity index (χ2n) is 5.16. The number of fused-ring (bicyclic) bond motifs is 1. The number of H-pyrrole nitrogens is 1. The summed E-state index contributed by atoms with van der Waals surface area (Å²) in [6.45, 7) is 6.30. The van der Waals surface area contributed by atoms with Crippen LogP contribution < -0.4 is 5.32 Å². The summed E-state index contributed by atoms with van der Waals surface area (Å²) >= 11 is 0. The number of carbonyl (C=O) groups excluding carboxylic acids is 1. The van der Waals surface area contributed by atoms with Crippen molar-refractivity contribution < 1.29 is 4.79 Å². The zero-order valence-corrected chi connectivity index (χ0v) is 10.8. The highest BCUT2D eigenvalue weighted by molar-refractivity contribution is 5.94. The van der Waals surface area contributed by atoms with Crippen molar-refractivity contribution in [3.8, 4) is 0 Å². The fourth-order valence-corrected chi connectivity index (χ4v) is 2.25. The number of carbonyl (C=O) groups is 1. The smallest absolute Gasteiger partial charge is 0.272 e. The van der Waals surface area contributed by atoms with Crippen LogP contribution in [0.25, 0.3) is 0 Å². The van der Waals surface area contributed by atoms with Gasteiger partial charge in [-0.2, -0.15) is 5.10 Å². The van der Waals surface area contributed by atoms with Crippen molar-refractivity contribution in [2.45, 2.75) is 52.5 Å². The fourth-order valence-electron chi connectivity index (χ4n) is 2.25. The molecule has 1 aliphatic carbocycles. The van der Waals surface area contributed by atoms with Crippen molar-refractivity contribution in [2.75, 3.05) is 0 Å². The van der Waals surface area contributed by atoms with Crippen molar-refractivity contribution in [1.82, 2.24) is 15.5 Å². The van der Waals surface area contributed by atoms with Crippen LogP contribution in [-0.4, -0.2) is 22.1 Å². The minimum atomic E-state index is -0.0362. The first-order valence-corrected chi connectivity index (χ1v) is 6.48.